The molecule has 1 amide bonds. The number of aromatic nitrogens is 1. The molecule has 0 aliphatic heterocycles. The molecule has 2 aromatic rings. The van der Waals surface area contributed by atoms with Gasteiger partial charge in [-0.1, -0.05) is 5.16 Å². The molecule has 1 aromatic carbocycles. The van der Waals surface area contributed by atoms with E-state index in [1.165, 1.54) is 0 Å². The van der Waals surface area contributed by atoms with Gasteiger partial charge < -0.3 is 14.3 Å². The molecule has 0 N–H and O–H groups in total. The maximum Gasteiger partial charge on any atom is 0.253 e. The van der Waals surface area contributed by atoms with Gasteiger partial charge in [-0.15, -0.1) is 0 Å². The fourth-order valence-electron chi connectivity index (χ4n) is 2.43. The minimum absolute atomic E-state index is 0.0215. The van der Waals surface area contributed by atoms with E-state index in [4.69, 9.17) is 4.52 Å². The van der Waals surface area contributed by atoms with Gasteiger partial charge in [0.1, 0.15) is 11.5 Å². The average Bonchev–Trinajstić information content (AvgIpc) is 2.93. The number of amides is 1. The lowest BCUT2D eigenvalue weighted by molar-refractivity contribution is 0.0782. The molecular weight excluding hydrogens is 278 g/mol. The second-order valence-corrected chi connectivity index (χ2v) is 5.31. The Labute approximate surface area is 131 Å². The van der Waals surface area contributed by atoms with Crippen LogP contribution in [-0.2, 0) is 6.54 Å². The molecule has 0 bridgehead atoms. The van der Waals surface area contributed by atoms with Crippen molar-refractivity contribution in [3.63, 3.8) is 0 Å². The van der Waals surface area contributed by atoms with Crippen LogP contribution >= 0.6 is 0 Å². The van der Waals surface area contributed by atoms with Crippen LogP contribution in [0.2, 0.25) is 0 Å². The summed E-state index contributed by atoms with van der Waals surface area (Å²) in [5.41, 5.74) is 2.57. The van der Waals surface area contributed by atoms with Crippen LogP contribution in [0.15, 0.2) is 34.9 Å². The zero-order chi connectivity index (χ0) is 16.1. The molecule has 0 saturated heterocycles. The number of anilines is 1. The molecule has 0 aliphatic carbocycles. The normalized spacial score (nSPS) is 10.5. The van der Waals surface area contributed by atoms with Crippen molar-refractivity contribution in [1.82, 2.24) is 10.1 Å². The lowest BCUT2D eigenvalue weighted by Crippen LogP contribution is -2.26. The van der Waals surface area contributed by atoms with E-state index in [1.807, 2.05) is 37.3 Å². The number of hydrogen-bond donors (Lipinski definition) is 0. The van der Waals surface area contributed by atoms with Gasteiger partial charge in [-0.05, 0) is 45.0 Å². The summed E-state index contributed by atoms with van der Waals surface area (Å²) >= 11 is 0. The van der Waals surface area contributed by atoms with Gasteiger partial charge in [-0.25, -0.2) is 0 Å². The van der Waals surface area contributed by atoms with Crippen LogP contribution in [0.25, 0.3) is 0 Å². The van der Waals surface area contributed by atoms with E-state index >= 15 is 0 Å². The number of hydrogen-bond acceptors (Lipinski definition) is 4. The first-order valence-corrected chi connectivity index (χ1v) is 7.57. The molecule has 0 radical (unpaired) electrons. The molecule has 1 aromatic heterocycles. The lowest BCUT2D eigenvalue weighted by atomic mass is 10.1. The molecule has 0 saturated carbocycles. The van der Waals surface area contributed by atoms with Crippen LogP contribution in [0.5, 0.6) is 0 Å². The van der Waals surface area contributed by atoms with Crippen molar-refractivity contribution in [1.29, 1.82) is 0 Å². The van der Waals surface area contributed by atoms with E-state index in [-0.39, 0.29) is 5.91 Å². The van der Waals surface area contributed by atoms with Gasteiger partial charge in [0.05, 0.1) is 6.54 Å². The molecule has 0 atom stereocenters. The van der Waals surface area contributed by atoms with Crippen LogP contribution in [0.3, 0.4) is 0 Å². The third-order valence-electron chi connectivity index (χ3n) is 3.67. The number of benzene rings is 1. The van der Waals surface area contributed by atoms with Gasteiger partial charge in [-0.2, -0.15) is 0 Å². The van der Waals surface area contributed by atoms with E-state index in [0.29, 0.717) is 12.1 Å². The van der Waals surface area contributed by atoms with Crippen molar-refractivity contribution in [2.75, 3.05) is 25.0 Å². The number of carbonyl (C=O) groups excluding carboxylic acids is 1. The summed E-state index contributed by atoms with van der Waals surface area (Å²) in [6, 6.07) is 9.58. The smallest absolute Gasteiger partial charge is 0.253 e. The monoisotopic (exact) mass is 301 g/mol. The molecule has 0 unspecified atom stereocenters. The molecule has 1 heterocycles. The van der Waals surface area contributed by atoms with Crippen LogP contribution in [0, 0.1) is 6.92 Å². The Kier molecular flexibility index (Phi) is 5.20. The van der Waals surface area contributed by atoms with Crippen molar-refractivity contribution >= 4 is 11.6 Å². The highest BCUT2D eigenvalue weighted by atomic mass is 16.5. The third-order valence-corrected chi connectivity index (χ3v) is 3.67. The predicted molar refractivity (Wildman–Crippen MR) is 87.0 cm³/mol. The Morgan fingerprint density at radius 2 is 1.82 bits per heavy atom. The van der Waals surface area contributed by atoms with Crippen molar-refractivity contribution in [2.45, 2.75) is 27.3 Å². The highest BCUT2D eigenvalue weighted by Crippen LogP contribution is 2.16. The molecule has 5 heteroatoms. The van der Waals surface area contributed by atoms with Crippen LogP contribution in [-0.4, -0.2) is 36.1 Å². The number of aryl methyl sites for hydroxylation is 1. The fraction of sp³-hybridized carbons (Fsp3) is 0.412. The highest BCUT2D eigenvalue weighted by Gasteiger charge is 2.14. The van der Waals surface area contributed by atoms with E-state index < -0.39 is 0 Å². The van der Waals surface area contributed by atoms with Crippen LogP contribution in [0.1, 0.15) is 35.7 Å². The maximum atomic E-state index is 12.4. The van der Waals surface area contributed by atoms with Crippen molar-refractivity contribution in [2.24, 2.45) is 0 Å². The summed E-state index contributed by atoms with van der Waals surface area (Å²) in [6.45, 7) is 8.43. The Morgan fingerprint density at radius 3 is 2.32 bits per heavy atom. The molecule has 2 rings (SSSR count). The summed E-state index contributed by atoms with van der Waals surface area (Å²) in [5.74, 6) is 0.728. The highest BCUT2D eigenvalue weighted by molar-refractivity contribution is 5.94. The first-order chi connectivity index (χ1) is 10.5. The third kappa shape index (κ3) is 3.67. The standard InChI is InChI=1S/C17H23N3O2/c1-5-20(6-2)16-9-7-14(8-10-16)17(21)19(4)12-15-11-13(3)22-18-15/h7-11H,5-6,12H2,1-4H3. The SMILES string of the molecule is CCN(CC)c1ccc(C(=O)N(C)Cc2cc(C)on2)cc1. The van der Waals surface area contributed by atoms with Crippen molar-refractivity contribution in [3.05, 3.63) is 47.3 Å². The summed E-state index contributed by atoms with van der Waals surface area (Å²) in [4.78, 5) is 16.3. The second-order valence-electron chi connectivity index (χ2n) is 5.31. The average molecular weight is 301 g/mol. The molecule has 0 spiro atoms. The fourth-order valence-corrected chi connectivity index (χ4v) is 2.43. The second kappa shape index (κ2) is 7.11. The molecule has 22 heavy (non-hydrogen) atoms. The van der Waals surface area contributed by atoms with E-state index in [2.05, 4.69) is 23.9 Å². The van der Waals surface area contributed by atoms with Gasteiger partial charge in [0.15, 0.2) is 0 Å². The molecule has 0 fully saturated rings. The Morgan fingerprint density at radius 1 is 1.18 bits per heavy atom. The topological polar surface area (TPSA) is 49.6 Å². The first-order valence-electron chi connectivity index (χ1n) is 7.57. The maximum absolute atomic E-state index is 12.4. The minimum Gasteiger partial charge on any atom is -0.372 e. The van der Waals surface area contributed by atoms with E-state index in [1.54, 1.807) is 11.9 Å². The molecule has 0 aliphatic rings. The van der Waals surface area contributed by atoms with E-state index in [0.717, 1.165) is 30.2 Å². The van der Waals surface area contributed by atoms with Gasteiger partial charge in [0.25, 0.3) is 5.91 Å². The summed E-state index contributed by atoms with van der Waals surface area (Å²) < 4.78 is 5.02. The molecule has 5 nitrogen and oxygen atoms in total. The Balaban J connectivity index is 2.05. The molecule has 118 valence electrons. The minimum atomic E-state index is -0.0215. The summed E-state index contributed by atoms with van der Waals surface area (Å²) in [5, 5.41) is 3.92. The zero-order valence-corrected chi connectivity index (χ0v) is 13.7. The lowest BCUT2D eigenvalue weighted by Gasteiger charge is -2.21. The van der Waals surface area contributed by atoms with Crippen molar-refractivity contribution in [3.8, 4) is 0 Å². The summed E-state index contributed by atoms with van der Waals surface area (Å²) in [7, 11) is 1.77. The van der Waals surface area contributed by atoms with Gasteiger partial charge >= 0.3 is 0 Å². The quantitative estimate of drug-likeness (QED) is 0.822. The van der Waals surface area contributed by atoms with Crippen LogP contribution < -0.4 is 4.90 Å². The van der Waals surface area contributed by atoms with Gasteiger partial charge in [-0.3, -0.25) is 4.79 Å². The van der Waals surface area contributed by atoms with Gasteiger partial charge in [0, 0.05) is 37.5 Å². The van der Waals surface area contributed by atoms with Crippen molar-refractivity contribution < 1.29 is 9.32 Å². The number of rotatable bonds is 6. The first kappa shape index (κ1) is 16.1. The zero-order valence-electron chi connectivity index (χ0n) is 13.7. The number of nitrogens with zero attached hydrogens (tertiary/aromatic N) is 3. The largest absolute Gasteiger partial charge is 0.372 e. The van der Waals surface area contributed by atoms with Crippen LogP contribution in [0.4, 0.5) is 5.69 Å². The Bertz CT molecular complexity index is 615. The van der Waals surface area contributed by atoms with E-state index in [9.17, 15) is 4.79 Å². The van der Waals surface area contributed by atoms with Gasteiger partial charge in [0.2, 0.25) is 0 Å². The molecular formula is C17H23N3O2. The number of carbonyl (C=O) groups is 1. The predicted octanol–water partition coefficient (Wildman–Crippen LogP) is 3.10. The summed E-state index contributed by atoms with van der Waals surface area (Å²) in [6.07, 6.45) is 0. The Hall–Kier alpha value is -2.30.